The molecule has 1 aromatic carbocycles. The molecule has 0 spiro atoms. The van der Waals surface area contributed by atoms with Gasteiger partial charge in [-0.25, -0.2) is 9.97 Å². The number of rotatable bonds is 5. The van der Waals surface area contributed by atoms with Crippen LogP contribution in [0.2, 0.25) is 5.02 Å². The van der Waals surface area contributed by atoms with Gasteiger partial charge >= 0.3 is 0 Å². The number of aryl methyl sites for hydroxylation is 1. The van der Waals surface area contributed by atoms with Crippen molar-refractivity contribution in [1.82, 2.24) is 14.9 Å². The number of aliphatic hydroxyl groups is 1. The second kappa shape index (κ2) is 7.33. The van der Waals surface area contributed by atoms with Gasteiger partial charge in [0.05, 0.1) is 6.61 Å². The summed E-state index contributed by atoms with van der Waals surface area (Å²) in [4.78, 5) is 22.7. The molecule has 0 bridgehead atoms. The standard InChI is InChI=1S/C16H18ClN3O2/c1-3-20(8-9-21)16(22)14-10-11(2)18-15(19-14)12-4-6-13(17)7-5-12/h4-7,10,21H,3,8-9H2,1-2H3. The second-order valence-electron chi connectivity index (χ2n) is 4.83. The Balaban J connectivity index is 2.38. The normalized spacial score (nSPS) is 10.5. The molecule has 0 saturated carbocycles. The van der Waals surface area contributed by atoms with Crippen LogP contribution in [0, 0.1) is 6.92 Å². The number of aliphatic hydroxyl groups excluding tert-OH is 1. The molecule has 116 valence electrons. The minimum Gasteiger partial charge on any atom is -0.395 e. The number of amides is 1. The van der Waals surface area contributed by atoms with Gasteiger partial charge in [0.1, 0.15) is 5.69 Å². The number of carbonyl (C=O) groups excluding carboxylic acids is 1. The Labute approximate surface area is 134 Å². The fourth-order valence-corrected chi connectivity index (χ4v) is 2.22. The smallest absolute Gasteiger partial charge is 0.272 e. The fraction of sp³-hybridized carbons (Fsp3) is 0.312. The van der Waals surface area contributed by atoms with Crippen LogP contribution in [0.3, 0.4) is 0 Å². The van der Waals surface area contributed by atoms with Crippen molar-refractivity contribution in [2.24, 2.45) is 0 Å². The zero-order chi connectivity index (χ0) is 16.1. The molecule has 0 aliphatic carbocycles. The Kier molecular flexibility index (Phi) is 5.46. The molecule has 22 heavy (non-hydrogen) atoms. The van der Waals surface area contributed by atoms with Gasteiger partial charge in [0, 0.05) is 29.4 Å². The first-order valence-electron chi connectivity index (χ1n) is 7.07. The highest BCUT2D eigenvalue weighted by Gasteiger charge is 2.17. The molecule has 0 fully saturated rings. The number of halogens is 1. The van der Waals surface area contributed by atoms with E-state index in [1.54, 1.807) is 23.1 Å². The number of benzene rings is 1. The van der Waals surface area contributed by atoms with Gasteiger partial charge in [-0.05, 0) is 44.2 Å². The summed E-state index contributed by atoms with van der Waals surface area (Å²) in [5.74, 6) is 0.275. The predicted molar refractivity (Wildman–Crippen MR) is 85.9 cm³/mol. The van der Waals surface area contributed by atoms with Crippen LogP contribution < -0.4 is 0 Å². The lowest BCUT2D eigenvalue weighted by molar-refractivity contribution is 0.0726. The molecule has 0 aliphatic heterocycles. The quantitative estimate of drug-likeness (QED) is 0.919. The van der Waals surface area contributed by atoms with Crippen LogP contribution in [0.15, 0.2) is 30.3 Å². The first-order valence-corrected chi connectivity index (χ1v) is 7.44. The van der Waals surface area contributed by atoms with Crippen molar-refractivity contribution in [1.29, 1.82) is 0 Å². The van der Waals surface area contributed by atoms with E-state index in [0.29, 0.717) is 28.8 Å². The summed E-state index contributed by atoms with van der Waals surface area (Å²) in [7, 11) is 0. The fourth-order valence-electron chi connectivity index (χ4n) is 2.09. The Morgan fingerprint density at radius 3 is 2.55 bits per heavy atom. The van der Waals surface area contributed by atoms with Crippen molar-refractivity contribution in [3.63, 3.8) is 0 Å². The molecule has 0 radical (unpaired) electrons. The third-order valence-electron chi connectivity index (χ3n) is 3.21. The van der Waals surface area contributed by atoms with Crippen LogP contribution in [-0.2, 0) is 0 Å². The number of likely N-dealkylation sites (N-methyl/N-ethyl adjacent to an activating group) is 1. The summed E-state index contributed by atoms with van der Waals surface area (Å²) < 4.78 is 0. The highest BCUT2D eigenvalue weighted by Crippen LogP contribution is 2.19. The molecule has 0 aliphatic rings. The van der Waals surface area contributed by atoms with Crippen LogP contribution >= 0.6 is 11.6 Å². The third kappa shape index (κ3) is 3.81. The lowest BCUT2D eigenvalue weighted by atomic mass is 10.2. The second-order valence-corrected chi connectivity index (χ2v) is 5.27. The molecule has 0 atom stereocenters. The van der Waals surface area contributed by atoms with Gasteiger partial charge in [-0.3, -0.25) is 4.79 Å². The zero-order valence-corrected chi connectivity index (χ0v) is 13.3. The summed E-state index contributed by atoms with van der Waals surface area (Å²) in [6, 6.07) is 8.80. The van der Waals surface area contributed by atoms with Gasteiger partial charge in [0.25, 0.3) is 5.91 Å². The highest BCUT2D eigenvalue weighted by atomic mass is 35.5. The molecule has 1 heterocycles. The third-order valence-corrected chi connectivity index (χ3v) is 3.47. The number of nitrogens with zero attached hydrogens (tertiary/aromatic N) is 3. The van der Waals surface area contributed by atoms with Crippen molar-refractivity contribution in [2.45, 2.75) is 13.8 Å². The van der Waals surface area contributed by atoms with Gasteiger partial charge in [-0.15, -0.1) is 0 Å². The maximum absolute atomic E-state index is 12.5. The Morgan fingerprint density at radius 1 is 1.27 bits per heavy atom. The molecule has 2 rings (SSSR count). The van der Waals surface area contributed by atoms with Crippen LogP contribution in [0.4, 0.5) is 0 Å². The van der Waals surface area contributed by atoms with Crippen molar-refractivity contribution >= 4 is 17.5 Å². The van der Waals surface area contributed by atoms with E-state index < -0.39 is 0 Å². The van der Waals surface area contributed by atoms with Crippen molar-refractivity contribution in [3.05, 3.63) is 46.7 Å². The van der Waals surface area contributed by atoms with Crippen LogP contribution in [0.5, 0.6) is 0 Å². The first-order chi connectivity index (χ1) is 10.5. The molecular formula is C16H18ClN3O2. The van der Waals surface area contributed by atoms with Gasteiger partial charge in [0.2, 0.25) is 0 Å². The van der Waals surface area contributed by atoms with E-state index in [1.807, 2.05) is 26.0 Å². The van der Waals surface area contributed by atoms with E-state index in [9.17, 15) is 4.79 Å². The van der Waals surface area contributed by atoms with E-state index in [4.69, 9.17) is 16.7 Å². The Bertz CT molecular complexity index is 659. The molecule has 1 amide bonds. The lowest BCUT2D eigenvalue weighted by Crippen LogP contribution is -2.34. The Hall–Kier alpha value is -1.98. The van der Waals surface area contributed by atoms with E-state index >= 15 is 0 Å². The molecule has 2 aromatic rings. The van der Waals surface area contributed by atoms with Crippen LogP contribution in [0.1, 0.15) is 23.1 Å². The highest BCUT2D eigenvalue weighted by molar-refractivity contribution is 6.30. The van der Waals surface area contributed by atoms with E-state index in [-0.39, 0.29) is 19.1 Å². The summed E-state index contributed by atoms with van der Waals surface area (Å²) >= 11 is 5.88. The molecule has 1 aromatic heterocycles. The maximum Gasteiger partial charge on any atom is 0.272 e. The molecule has 1 N–H and O–H groups in total. The molecule has 0 unspecified atom stereocenters. The van der Waals surface area contributed by atoms with Crippen molar-refractivity contribution < 1.29 is 9.90 Å². The van der Waals surface area contributed by atoms with E-state index in [1.165, 1.54) is 0 Å². The van der Waals surface area contributed by atoms with Gasteiger partial charge in [-0.1, -0.05) is 11.6 Å². The predicted octanol–water partition coefficient (Wildman–Crippen LogP) is 2.56. The minimum absolute atomic E-state index is 0.0757. The molecule has 5 nitrogen and oxygen atoms in total. The largest absolute Gasteiger partial charge is 0.395 e. The SMILES string of the molecule is CCN(CCO)C(=O)c1cc(C)nc(-c2ccc(Cl)cc2)n1. The van der Waals surface area contributed by atoms with Gasteiger partial charge in [0.15, 0.2) is 5.82 Å². The lowest BCUT2D eigenvalue weighted by Gasteiger charge is -2.19. The van der Waals surface area contributed by atoms with E-state index in [2.05, 4.69) is 9.97 Å². The zero-order valence-electron chi connectivity index (χ0n) is 12.6. The molecular weight excluding hydrogens is 302 g/mol. The first kappa shape index (κ1) is 16.4. The average molecular weight is 320 g/mol. The summed E-state index contributed by atoms with van der Waals surface area (Å²) in [5.41, 5.74) is 1.84. The number of aromatic nitrogens is 2. The summed E-state index contributed by atoms with van der Waals surface area (Å²) in [6.07, 6.45) is 0. The maximum atomic E-state index is 12.5. The number of hydrogen-bond donors (Lipinski definition) is 1. The Morgan fingerprint density at radius 2 is 1.95 bits per heavy atom. The molecule has 6 heteroatoms. The van der Waals surface area contributed by atoms with Crippen LogP contribution in [0.25, 0.3) is 11.4 Å². The van der Waals surface area contributed by atoms with Gasteiger partial charge in [-0.2, -0.15) is 0 Å². The van der Waals surface area contributed by atoms with E-state index in [0.717, 1.165) is 5.56 Å². The number of carbonyl (C=O) groups is 1. The average Bonchev–Trinajstić information content (AvgIpc) is 2.52. The minimum atomic E-state index is -0.211. The van der Waals surface area contributed by atoms with Gasteiger partial charge < -0.3 is 10.0 Å². The summed E-state index contributed by atoms with van der Waals surface area (Å²) in [6.45, 7) is 4.41. The number of hydrogen-bond acceptors (Lipinski definition) is 4. The van der Waals surface area contributed by atoms with Crippen LogP contribution in [-0.4, -0.2) is 45.6 Å². The van der Waals surface area contributed by atoms with Crippen molar-refractivity contribution in [3.8, 4) is 11.4 Å². The summed E-state index contributed by atoms with van der Waals surface area (Å²) in [5, 5.41) is 9.67. The topological polar surface area (TPSA) is 66.3 Å². The molecule has 0 saturated heterocycles. The van der Waals surface area contributed by atoms with Crippen molar-refractivity contribution in [2.75, 3.05) is 19.7 Å². The monoisotopic (exact) mass is 319 g/mol.